The summed E-state index contributed by atoms with van der Waals surface area (Å²) in [4.78, 5) is 2.45. The lowest BCUT2D eigenvalue weighted by molar-refractivity contribution is 0.670. The van der Waals surface area contributed by atoms with E-state index in [4.69, 9.17) is 4.42 Å². The molecule has 0 radical (unpaired) electrons. The molecule has 0 amide bonds. The molecule has 0 aliphatic heterocycles. The van der Waals surface area contributed by atoms with E-state index in [1.807, 2.05) is 6.07 Å². The molecule has 0 bridgehead atoms. The van der Waals surface area contributed by atoms with E-state index < -0.39 is 0 Å². The Balaban J connectivity index is 1.21. The summed E-state index contributed by atoms with van der Waals surface area (Å²) < 4.78 is 9.04. The Kier molecular flexibility index (Phi) is 7.82. The van der Waals surface area contributed by atoms with Crippen LogP contribution in [-0.2, 0) is 0 Å². The number of benzene rings is 9. The first-order chi connectivity index (χ1) is 28.3. The van der Waals surface area contributed by atoms with E-state index in [0.29, 0.717) is 0 Å². The van der Waals surface area contributed by atoms with Crippen LogP contribution in [0.4, 0.5) is 17.1 Å². The maximum absolute atomic E-state index is 6.61. The summed E-state index contributed by atoms with van der Waals surface area (Å²) in [6, 6.07) is 78.1. The van der Waals surface area contributed by atoms with Crippen LogP contribution in [-0.4, -0.2) is 4.57 Å². The zero-order chi connectivity index (χ0) is 37.7. The molecule has 0 aliphatic rings. The molecule has 11 rings (SSSR count). The third-order valence-corrected chi connectivity index (χ3v) is 11.2. The van der Waals surface area contributed by atoms with Crippen molar-refractivity contribution in [3.8, 4) is 39.1 Å². The second-order valence-electron chi connectivity index (χ2n) is 14.4. The molecule has 2 aromatic heterocycles. The first kappa shape index (κ1) is 32.8. The monoisotopic (exact) mass is 728 g/mol. The van der Waals surface area contributed by atoms with Gasteiger partial charge >= 0.3 is 0 Å². The quantitative estimate of drug-likeness (QED) is 0.163. The van der Waals surface area contributed by atoms with Gasteiger partial charge < -0.3 is 13.9 Å². The third-order valence-electron chi connectivity index (χ3n) is 11.2. The number of aromatic nitrogens is 1. The predicted octanol–water partition coefficient (Wildman–Crippen LogP) is 15.2. The summed E-state index contributed by atoms with van der Waals surface area (Å²) in [5.74, 6) is 0. The SMILES string of the molecule is c1ccc(-c2cccc(N(c3ccccc3)c3cccc4c3c3ccccc3n4-c3ccccc3-c3cccc4c3oc3ccccc34)c2-c2ccccc2)cc1. The van der Waals surface area contributed by atoms with E-state index in [1.54, 1.807) is 0 Å². The van der Waals surface area contributed by atoms with Crippen LogP contribution in [0.5, 0.6) is 0 Å². The average Bonchev–Trinajstić information content (AvgIpc) is 3.84. The van der Waals surface area contributed by atoms with Crippen LogP contribution in [0, 0.1) is 0 Å². The second-order valence-corrected chi connectivity index (χ2v) is 14.4. The van der Waals surface area contributed by atoms with Gasteiger partial charge in [-0.2, -0.15) is 0 Å². The summed E-state index contributed by atoms with van der Waals surface area (Å²) in [6.07, 6.45) is 0. The van der Waals surface area contributed by atoms with E-state index in [1.165, 1.54) is 27.5 Å². The molecule has 57 heavy (non-hydrogen) atoms. The van der Waals surface area contributed by atoms with Gasteiger partial charge in [0.25, 0.3) is 0 Å². The molecule has 3 heteroatoms. The van der Waals surface area contributed by atoms with Crippen molar-refractivity contribution in [3.05, 3.63) is 218 Å². The van der Waals surface area contributed by atoms with Crippen LogP contribution in [0.3, 0.4) is 0 Å². The molecule has 3 nitrogen and oxygen atoms in total. The summed E-state index contributed by atoms with van der Waals surface area (Å²) in [5.41, 5.74) is 15.3. The van der Waals surface area contributed by atoms with E-state index in [2.05, 4.69) is 222 Å². The first-order valence-electron chi connectivity index (χ1n) is 19.4. The molecule has 0 saturated carbocycles. The topological polar surface area (TPSA) is 21.3 Å². The minimum absolute atomic E-state index is 0.895. The van der Waals surface area contributed by atoms with Gasteiger partial charge in [0.2, 0.25) is 0 Å². The summed E-state index contributed by atoms with van der Waals surface area (Å²) >= 11 is 0. The number of fused-ring (bicyclic) bond motifs is 6. The zero-order valence-corrected chi connectivity index (χ0v) is 31.1. The van der Waals surface area contributed by atoms with Crippen LogP contribution in [0.1, 0.15) is 0 Å². The second kappa shape index (κ2) is 13.6. The molecular weight excluding hydrogens is 693 g/mol. The lowest BCUT2D eigenvalue weighted by Crippen LogP contribution is -2.12. The Bertz CT molecular complexity index is 3230. The summed E-state index contributed by atoms with van der Waals surface area (Å²) in [5, 5.41) is 4.60. The molecular formula is C54H36N2O. The van der Waals surface area contributed by atoms with Crippen molar-refractivity contribution in [1.82, 2.24) is 4.57 Å². The number of anilines is 3. The fourth-order valence-corrected chi connectivity index (χ4v) is 8.78. The molecule has 9 aromatic carbocycles. The van der Waals surface area contributed by atoms with Crippen LogP contribution < -0.4 is 4.90 Å². The largest absolute Gasteiger partial charge is 0.455 e. The van der Waals surface area contributed by atoms with Crippen molar-refractivity contribution in [2.45, 2.75) is 0 Å². The lowest BCUT2D eigenvalue weighted by Gasteiger charge is -2.30. The smallest absolute Gasteiger partial charge is 0.143 e. The number of rotatable bonds is 7. The van der Waals surface area contributed by atoms with Crippen molar-refractivity contribution < 1.29 is 4.42 Å². The number of furan rings is 1. The number of nitrogens with zero attached hydrogens (tertiary/aromatic N) is 2. The minimum atomic E-state index is 0.895. The number of para-hydroxylation sites is 5. The van der Waals surface area contributed by atoms with Gasteiger partial charge in [0.05, 0.1) is 28.1 Å². The maximum Gasteiger partial charge on any atom is 0.143 e. The van der Waals surface area contributed by atoms with Crippen molar-refractivity contribution in [3.63, 3.8) is 0 Å². The highest BCUT2D eigenvalue weighted by Crippen LogP contribution is 2.49. The van der Waals surface area contributed by atoms with Crippen molar-refractivity contribution in [2.75, 3.05) is 4.90 Å². The third kappa shape index (κ3) is 5.36. The fraction of sp³-hybridized carbons (Fsp3) is 0. The minimum Gasteiger partial charge on any atom is -0.455 e. The Hall–Kier alpha value is -7.62. The molecule has 0 aliphatic carbocycles. The molecule has 2 heterocycles. The van der Waals surface area contributed by atoms with Gasteiger partial charge in [-0.3, -0.25) is 0 Å². The summed E-state index contributed by atoms with van der Waals surface area (Å²) in [6.45, 7) is 0. The Morgan fingerprint density at radius 3 is 1.75 bits per heavy atom. The van der Waals surface area contributed by atoms with Crippen molar-refractivity contribution in [2.24, 2.45) is 0 Å². The molecule has 268 valence electrons. The Morgan fingerprint density at radius 1 is 0.368 bits per heavy atom. The molecule has 0 saturated heterocycles. The maximum atomic E-state index is 6.61. The zero-order valence-electron chi connectivity index (χ0n) is 31.1. The molecule has 0 fully saturated rings. The average molecular weight is 729 g/mol. The molecule has 0 spiro atoms. The van der Waals surface area contributed by atoms with Gasteiger partial charge in [0, 0.05) is 43.9 Å². The Morgan fingerprint density at radius 2 is 0.930 bits per heavy atom. The van der Waals surface area contributed by atoms with Gasteiger partial charge in [-0.25, -0.2) is 0 Å². The normalized spacial score (nSPS) is 11.5. The van der Waals surface area contributed by atoms with E-state index in [-0.39, 0.29) is 0 Å². The fourth-order valence-electron chi connectivity index (χ4n) is 8.78. The van der Waals surface area contributed by atoms with Gasteiger partial charge in [-0.15, -0.1) is 0 Å². The van der Waals surface area contributed by atoms with Crippen LogP contribution in [0.2, 0.25) is 0 Å². The van der Waals surface area contributed by atoms with Crippen LogP contribution in [0.25, 0.3) is 82.8 Å². The van der Waals surface area contributed by atoms with Crippen molar-refractivity contribution >= 4 is 60.8 Å². The highest BCUT2D eigenvalue weighted by atomic mass is 16.3. The highest BCUT2D eigenvalue weighted by molar-refractivity contribution is 6.18. The van der Waals surface area contributed by atoms with Gasteiger partial charge in [0.1, 0.15) is 11.2 Å². The van der Waals surface area contributed by atoms with Crippen LogP contribution >= 0.6 is 0 Å². The van der Waals surface area contributed by atoms with Crippen LogP contribution in [0.15, 0.2) is 223 Å². The molecule has 0 atom stereocenters. The van der Waals surface area contributed by atoms with E-state index in [9.17, 15) is 0 Å². The number of hydrogen-bond donors (Lipinski definition) is 0. The highest BCUT2D eigenvalue weighted by Gasteiger charge is 2.25. The Labute approximate surface area is 330 Å². The number of hydrogen-bond acceptors (Lipinski definition) is 2. The standard InChI is InChI=1S/C54H36N2O/c1-4-19-37(20-5-1)40-28-17-33-48(52(40)38-21-6-2-7-22-38)55(39-23-8-3-9-24-39)49-34-18-35-50-53(49)45-27-11-14-32-47(45)56(50)46-31-13-10-25-41(46)43-29-16-30-44-42-26-12-15-36-51(42)57-54(43)44/h1-36H. The van der Waals surface area contributed by atoms with Gasteiger partial charge in [-0.05, 0) is 65.2 Å². The predicted molar refractivity (Wildman–Crippen MR) is 239 cm³/mol. The van der Waals surface area contributed by atoms with Crippen molar-refractivity contribution in [1.29, 1.82) is 0 Å². The lowest BCUT2D eigenvalue weighted by atomic mass is 9.92. The molecule has 0 N–H and O–H groups in total. The van der Waals surface area contributed by atoms with E-state index in [0.717, 1.165) is 72.4 Å². The molecule has 11 aromatic rings. The first-order valence-corrected chi connectivity index (χ1v) is 19.4. The molecule has 0 unspecified atom stereocenters. The van der Waals surface area contributed by atoms with Gasteiger partial charge in [0.15, 0.2) is 0 Å². The summed E-state index contributed by atoms with van der Waals surface area (Å²) in [7, 11) is 0. The van der Waals surface area contributed by atoms with E-state index >= 15 is 0 Å². The van der Waals surface area contributed by atoms with Gasteiger partial charge in [-0.1, -0.05) is 170 Å².